The molecule has 0 aliphatic heterocycles. The van der Waals surface area contributed by atoms with Crippen LogP contribution in [0.3, 0.4) is 0 Å². The molecule has 0 saturated carbocycles. The Balaban J connectivity index is 3.10. The van der Waals surface area contributed by atoms with Crippen molar-refractivity contribution in [3.8, 4) is 6.07 Å². The third kappa shape index (κ3) is 2.67. The second-order valence-corrected chi connectivity index (χ2v) is 3.05. The minimum atomic E-state index is -0.326. The molecule has 1 nitrogen and oxygen atoms in total. The van der Waals surface area contributed by atoms with Crippen LogP contribution in [0.15, 0.2) is 24.3 Å². The Hall–Kier alpha value is -1.14. The van der Waals surface area contributed by atoms with Crippen molar-refractivity contribution in [3.63, 3.8) is 0 Å². The lowest BCUT2D eigenvalue weighted by atomic mass is 10.1. The van der Waals surface area contributed by atoms with Gasteiger partial charge in [-0.05, 0) is 23.8 Å². The van der Waals surface area contributed by atoms with Gasteiger partial charge < -0.3 is 0 Å². The highest BCUT2D eigenvalue weighted by Gasteiger charge is 1.99. The average molecular weight is 240 g/mol. The second-order valence-electron chi connectivity index (χ2n) is 2.40. The lowest BCUT2D eigenvalue weighted by Crippen LogP contribution is -1.84. The summed E-state index contributed by atoms with van der Waals surface area (Å²) < 4.78 is 12.8. The van der Waals surface area contributed by atoms with E-state index in [9.17, 15) is 4.39 Å². The van der Waals surface area contributed by atoms with Crippen molar-refractivity contribution in [1.82, 2.24) is 0 Å². The van der Waals surface area contributed by atoms with Crippen molar-refractivity contribution in [2.75, 3.05) is 5.33 Å². The van der Waals surface area contributed by atoms with Gasteiger partial charge in [0, 0.05) is 5.33 Å². The fraction of sp³-hybridized carbons (Fsp3) is 0.100. The molecular weight excluding hydrogens is 233 g/mol. The summed E-state index contributed by atoms with van der Waals surface area (Å²) in [7, 11) is 0. The molecule has 0 aliphatic rings. The van der Waals surface area contributed by atoms with Crippen LogP contribution in [0.4, 0.5) is 4.39 Å². The van der Waals surface area contributed by atoms with E-state index in [1.165, 1.54) is 18.2 Å². The van der Waals surface area contributed by atoms with E-state index in [-0.39, 0.29) is 5.82 Å². The van der Waals surface area contributed by atoms with Crippen LogP contribution in [-0.2, 0) is 0 Å². The van der Waals surface area contributed by atoms with Crippen molar-refractivity contribution in [3.05, 3.63) is 41.2 Å². The molecule has 0 aliphatic carbocycles. The van der Waals surface area contributed by atoms with Crippen LogP contribution < -0.4 is 0 Å². The second kappa shape index (κ2) is 4.78. The first-order valence-electron chi connectivity index (χ1n) is 3.70. The largest absolute Gasteiger partial charge is 0.207 e. The molecule has 0 fully saturated rings. The maximum Gasteiger partial charge on any atom is 0.123 e. The lowest BCUT2D eigenvalue weighted by molar-refractivity contribution is 0.627. The van der Waals surface area contributed by atoms with E-state index in [4.69, 9.17) is 5.26 Å². The van der Waals surface area contributed by atoms with Crippen molar-refractivity contribution in [2.45, 2.75) is 0 Å². The minimum absolute atomic E-state index is 0.326. The molecule has 1 aromatic rings. The molecule has 66 valence electrons. The third-order valence-electron chi connectivity index (χ3n) is 1.52. The quantitative estimate of drug-likeness (QED) is 0.728. The summed E-state index contributed by atoms with van der Waals surface area (Å²) >= 11 is 3.21. The molecule has 0 aromatic heterocycles. The molecule has 1 aromatic carbocycles. The highest BCUT2D eigenvalue weighted by Crippen LogP contribution is 2.12. The molecule has 0 saturated heterocycles. The molecule has 13 heavy (non-hydrogen) atoms. The van der Waals surface area contributed by atoms with Gasteiger partial charge in [0.05, 0.1) is 11.6 Å². The fourth-order valence-electron chi connectivity index (χ4n) is 0.945. The zero-order chi connectivity index (χ0) is 9.68. The SMILES string of the molecule is N#Cc1ccc(F)cc1C=CCBr. The number of nitriles is 1. The van der Waals surface area contributed by atoms with Gasteiger partial charge in [0.2, 0.25) is 0 Å². The Morgan fingerprint density at radius 2 is 2.31 bits per heavy atom. The molecule has 0 heterocycles. The van der Waals surface area contributed by atoms with Crippen LogP contribution in [0.5, 0.6) is 0 Å². The van der Waals surface area contributed by atoms with Crippen LogP contribution in [-0.4, -0.2) is 5.33 Å². The van der Waals surface area contributed by atoms with Crippen molar-refractivity contribution in [1.29, 1.82) is 5.26 Å². The number of hydrogen-bond donors (Lipinski definition) is 0. The Morgan fingerprint density at radius 1 is 1.54 bits per heavy atom. The first-order chi connectivity index (χ1) is 6.27. The third-order valence-corrected chi connectivity index (χ3v) is 1.89. The predicted molar refractivity (Wildman–Crippen MR) is 53.9 cm³/mol. The summed E-state index contributed by atoms with van der Waals surface area (Å²) in [5.74, 6) is -0.326. The summed E-state index contributed by atoms with van der Waals surface area (Å²) in [5, 5.41) is 9.38. The number of allylic oxidation sites excluding steroid dienone is 1. The van der Waals surface area contributed by atoms with Gasteiger partial charge in [0.1, 0.15) is 5.82 Å². The van der Waals surface area contributed by atoms with E-state index in [1.54, 1.807) is 6.08 Å². The summed E-state index contributed by atoms with van der Waals surface area (Å²) in [6, 6.07) is 6.10. The maximum atomic E-state index is 12.8. The number of benzene rings is 1. The molecule has 0 atom stereocenters. The van der Waals surface area contributed by atoms with Crippen molar-refractivity contribution in [2.24, 2.45) is 0 Å². The maximum absolute atomic E-state index is 12.8. The van der Waals surface area contributed by atoms with Gasteiger partial charge in [-0.15, -0.1) is 0 Å². The first-order valence-corrected chi connectivity index (χ1v) is 4.82. The number of rotatable bonds is 2. The lowest BCUT2D eigenvalue weighted by Gasteiger charge is -1.96. The Morgan fingerprint density at radius 3 is 2.92 bits per heavy atom. The van der Waals surface area contributed by atoms with Crippen LogP contribution >= 0.6 is 15.9 Å². The van der Waals surface area contributed by atoms with Gasteiger partial charge in [-0.25, -0.2) is 4.39 Å². The van der Waals surface area contributed by atoms with Crippen LogP contribution in [0, 0.1) is 17.1 Å². The molecule has 3 heteroatoms. The van der Waals surface area contributed by atoms with Gasteiger partial charge in [0.15, 0.2) is 0 Å². The minimum Gasteiger partial charge on any atom is -0.207 e. The number of nitrogens with zero attached hydrogens (tertiary/aromatic N) is 1. The van der Waals surface area contributed by atoms with E-state index in [1.807, 2.05) is 12.1 Å². The molecule has 0 spiro atoms. The summed E-state index contributed by atoms with van der Waals surface area (Å²) in [4.78, 5) is 0. The summed E-state index contributed by atoms with van der Waals surface area (Å²) in [6.45, 7) is 0. The van der Waals surface area contributed by atoms with Gasteiger partial charge in [-0.2, -0.15) is 5.26 Å². The normalized spacial score (nSPS) is 10.2. The smallest absolute Gasteiger partial charge is 0.123 e. The molecule has 1 rings (SSSR count). The summed E-state index contributed by atoms with van der Waals surface area (Å²) in [5.41, 5.74) is 1.10. The molecule has 0 radical (unpaired) electrons. The molecule has 0 amide bonds. The van der Waals surface area contributed by atoms with Crippen LogP contribution in [0.1, 0.15) is 11.1 Å². The van der Waals surface area contributed by atoms with Gasteiger partial charge in [-0.1, -0.05) is 28.1 Å². The molecular formula is C10H7BrFN. The molecule has 0 N–H and O–H groups in total. The number of hydrogen-bond acceptors (Lipinski definition) is 1. The van der Waals surface area contributed by atoms with Gasteiger partial charge >= 0.3 is 0 Å². The van der Waals surface area contributed by atoms with E-state index in [2.05, 4.69) is 15.9 Å². The van der Waals surface area contributed by atoms with E-state index in [0.29, 0.717) is 16.5 Å². The monoisotopic (exact) mass is 239 g/mol. The van der Waals surface area contributed by atoms with E-state index in [0.717, 1.165) is 0 Å². The zero-order valence-electron chi connectivity index (χ0n) is 6.80. The first kappa shape index (κ1) is 9.94. The number of alkyl halides is 1. The molecule has 0 unspecified atom stereocenters. The van der Waals surface area contributed by atoms with E-state index >= 15 is 0 Å². The summed E-state index contributed by atoms with van der Waals surface area (Å²) in [6.07, 6.45) is 3.53. The predicted octanol–water partition coefficient (Wildman–Crippen LogP) is 3.11. The number of halogens is 2. The van der Waals surface area contributed by atoms with Crippen LogP contribution in [0.25, 0.3) is 6.08 Å². The van der Waals surface area contributed by atoms with Crippen LogP contribution in [0.2, 0.25) is 0 Å². The highest BCUT2D eigenvalue weighted by molar-refractivity contribution is 9.09. The molecule has 0 bridgehead atoms. The van der Waals surface area contributed by atoms with Crippen molar-refractivity contribution >= 4 is 22.0 Å². The Labute approximate surface area is 84.6 Å². The highest BCUT2D eigenvalue weighted by atomic mass is 79.9. The van der Waals surface area contributed by atoms with Gasteiger partial charge in [0.25, 0.3) is 0 Å². The topological polar surface area (TPSA) is 23.8 Å². The van der Waals surface area contributed by atoms with Gasteiger partial charge in [-0.3, -0.25) is 0 Å². The average Bonchev–Trinajstić information content (AvgIpc) is 2.15. The fourth-order valence-corrected chi connectivity index (χ4v) is 1.13. The Bertz CT molecular complexity index is 366. The standard InChI is InChI=1S/C10H7BrFN/c11-5-1-2-8-6-10(12)4-3-9(8)7-13/h1-4,6H,5H2. The zero-order valence-corrected chi connectivity index (χ0v) is 8.38. The van der Waals surface area contributed by atoms with E-state index < -0.39 is 0 Å². The van der Waals surface area contributed by atoms with Crippen molar-refractivity contribution < 1.29 is 4.39 Å². The Kier molecular flexibility index (Phi) is 3.66.